The molecule has 1 aromatic rings. The fourth-order valence-corrected chi connectivity index (χ4v) is 2.94. The van der Waals surface area contributed by atoms with Crippen LogP contribution in [0.1, 0.15) is 26.7 Å². The van der Waals surface area contributed by atoms with E-state index in [1.807, 2.05) is 36.2 Å². The van der Waals surface area contributed by atoms with Gasteiger partial charge in [0.2, 0.25) is 5.91 Å². The Morgan fingerprint density at radius 2 is 2.04 bits per heavy atom. The van der Waals surface area contributed by atoms with Crippen LogP contribution >= 0.6 is 0 Å². The Labute approximate surface area is 143 Å². The Hall–Kier alpha value is -2.24. The third-order valence-electron chi connectivity index (χ3n) is 4.81. The third-order valence-corrected chi connectivity index (χ3v) is 4.81. The number of carbonyl (C=O) groups excluding carboxylic acids is 2. The van der Waals surface area contributed by atoms with E-state index in [0.717, 1.165) is 24.2 Å². The zero-order valence-electron chi connectivity index (χ0n) is 14.7. The molecule has 3 amide bonds. The summed E-state index contributed by atoms with van der Waals surface area (Å²) in [4.78, 5) is 30.3. The second kappa shape index (κ2) is 6.71. The largest absolute Gasteiger partial charge is 0.372 e. The van der Waals surface area contributed by atoms with Crippen LogP contribution in [0, 0.1) is 0 Å². The predicted molar refractivity (Wildman–Crippen MR) is 95.3 cm³/mol. The van der Waals surface area contributed by atoms with Crippen molar-refractivity contribution in [3.05, 3.63) is 24.3 Å². The molecule has 2 fully saturated rings. The van der Waals surface area contributed by atoms with Crippen molar-refractivity contribution >= 4 is 23.3 Å². The van der Waals surface area contributed by atoms with Crippen LogP contribution in [0.2, 0.25) is 0 Å². The number of piperazine rings is 1. The average molecular weight is 330 g/mol. The number of carbonyl (C=O) groups is 2. The summed E-state index contributed by atoms with van der Waals surface area (Å²) in [6.45, 7) is 5.66. The molecule has 1 saturated heterocycles. The van der Waals surface area contributed by atoms with Crippen LogP contribution in [-0.2, 0) is 4.79 Å². The van der Waals surface area contributed by atoms with Gasteiger partial charge in [0.15, 0.2) is 0 Å². The minimum atomic E-state index is -0.205. The van der Waals surface area contributed by atoms with Gasteiger partial charge < -0.3 is 20.0 Å². The molecule has 3 rings (SSSR count). The molecule has 1 heterocycles. The molecule has 0 atom stereocenters. The zero-order valence-corrected chi connectivity index (χ0v) is 14.7. The van der Waals surface area contributed by atoms with Crippen LogP contribution in [0.3, 0.4) is 0 Å². The molecular formula is C18H26N4O2. The Morgan fingerprint density at radius 1 is 1.29 bits per heavy atom. The van der Waals surface area contributed by atoms with Gasteiger partial charge in [0.25, 0.3) is 0 Å². The van der Waals surface area contributed by atoms with Gasteiger partial charge in [0.1, 0.15) is 6.54 Å². The first kappa shape index (κ1) is 16.6. The van der Waals surface area contributed by atoms with Gasteiger partial charge in [-0.1, -0.05) is 6.07 Å². The monoisotopic (exact) mass is 330 g/mol. The maximum Gasteiger partial charge on any atom is 0.322 e. The summed E-state index contributed by atoms with van der Waals surface area (Å²) >= 11 is 0. The summed E-state index contributed by atoms with van der Waals surface area (Å²) in [7, 11) is 2.03. The van der Waals surface area contributed by atoms with E-state index in [-0.39, 0.29) is 18.5 Å². The summed E-state index contributed by atoms with van der Waals surface area (Å²) in [5, 5.41) is 2.92. The maximum absolute atomic E-state index is 12.5. The van der Waals surface area contributed by atoms with Gasteiger partial charge >= 0.3 is 6.03 Å². The molecule has 1 N–H and O–H groups in total. The zero-order chi connectivity index (χ0) is 17.3. The molecule has 0 bridgehead atoms. The number of amides is 3. The molecule has 1 saturated carbocycles. The van der Waals surface area contributed by atoms with E-state index in [1.54, 1.807) is 4.90 Å². The summed E-state index contributed by atoms with van der Waals surface area (Å²) < 4.78 is 0. The number of nitrogens with one attached hydrogen (secondary N) is 1. The second-order valence-corrected chi connectivity index (χ2v) is 6.92. The molecule has 6 nitrogen and oxygen atoms in total. The Bertz CT molecular complexity index is 627. The van der Waals surface area contributed by atoms with Crippen LogP contribution in [0.15, 0.2) is 24.3 Å². The van der Waals surface area contributed by atoms with E-state index in [2.05, 4.69) is 24.1 Å². The first-order valence-corrected chi connectivity index (χ1v) is 8.64. The normalized spacial score (nSPS) is 18.1. The van der Waals surface area contributed by atoms with Gasteiger partial charge in [-0.05, 0) is 44.9 Å². The summed E-state index contributed by atoms with van der Waals surface area (Å²) in [5.41, 5.74) is 1.81. The van der Waals surface area contributed by atoms with E-state index in [9.17, 15) is 9.59 Å². The topological polar surface area (TPSA) is 55.9 Å². The lowest BCUT2D eigenvalue weighted by Crippen LogP contribution is -2.53. The third kappa shape index (κ3) is 3.63. The van der Waals surface area contributed by atoms with E-state index in [0.29, 0.717) is 25.2 Å². The smallest absolute Gasteiger partial charge is 0.322 e. The van der Waals surface area contributed by atoms with Crippen LogP contribution in [0.25, 0.3) is 0 Å². The first-order valence-electron chi connectivity index (χ1n) is 8.64. The maximum atomic E-state index is 12.5. The predicted octanol–water partition coefficient (Wildman–Crippen LogP) is 2.37. The highest BCUT2D eigenvalue weighted by molar-refractivity contribution is 5.93. The molecule has 24 heavy (non-hydrogen) atoms. The molecule has 0 radical (unpaired) electrons. The van der Waals surface area contributed by atoms with E-state index >= 15 is 0 Å². The Morgan fingerprint density at radius 3 is 2.67 bits per heavy atom. The molecule has 0 unspecified atom stereocenters. The van der Waals surface area contributed by atoms with Gasteiger partial charge in [-0.15, -0.1) is 0 Å². The molecule has 1 aromatic carbocycles. The molecule has 130 valence electrons. The van der Waals surface area contributed by atoms with Crippen molar-refractivity contribution in [3.63, 3.8) is 0 Å². The first-order chi connectivity index (χ1) is 11.5. The molecule has 1 aliphatic carbocycles. The second-order valence-electron chi connectivity index (χ2n) is 6.92. The van der Waals surface area contributed by atoms with Gasteiger partial charge in [0.05, 0.1) is 0 Å². The van der Waals surface area contributed by atoms with Gasteiger partial charge in [-0.25, -0.2) is 4.79 Å². The highest BCUT2D eigenvalue weighted by Gasteiger charge is 2.36. The van der Waals surface area contributed by atoms with Crippen molar-refractivity contribution in [3.8, 4) is 0 Å². The molecule has 0 spiro atoms. The fraction of sp³-hybridized carbons (Fsp3) is 0.556. The minimum Gasteiger partial charge on any atom is -0.372 e. The number of hydrogen-bond donors (Lipinski definition) is 1. The van der Waals surface area contributed by atoms with Crippen LogP contribution in [0.4, 0.5) is 16.2 Å². The van der Waals surface area contributed by atoms with Crippen molar-refractivity contribution < 1.29 is 9.59 Å². The number of rotatable bonds is 4. The highest BCUT2D eigenvalue weighted by atomic mass is 16.2. The molecule has 0 aromatic heterocycles. The van der Waals surface area contributed by atoms with Crippen molar-refractivity contribution in [1.82, 2.24) is 9.80 Å². The van der Waals surface area contributed by atoms with E-state index in [4.69, 9.17) is 0 Å². The van der Waals surface area contributed by atoms with Gasteiger partial charge in [-0.2, -0.15) is 0 Å². The van der Waals surface area contributed by atoms with Crippen LogP contribution in [0.5, 0.6) is 0 Å². The van der Waals surface area contributed by atoms with Gasteiger partial charge in [-0.3, -0.25) is 4.79 Å². The molecule has 6 heteroatoms. The lowest BCUT2D eigenvalue weighted by Gasteiger charge is -2.34. The molecule has 1 aliphatic heterocycles. The Kier molecular flexibility index (Phi) is 4.64. The van der Waals surface area contributed by atoms with Crippen molar-refractivity contribution in [1.29, 1.82) is 0 Å². The average Bonchev–Trinajstić information content (AvgIpc) is 3.39. The minimum absolute atomic E-state index is 0.0622. The fourth-order valence-electron chi connectivity index (χ4n) is 2.94. The summed E-state index contributed by atoms with van der Waals surface area (Å²) in [5.74, 6) is 0.0622. The number of benzene rings is 1. The van der Waals surface area contributed by atoms with Crippen LogP contribution in [-0.4, -0.2) is 60.5 Å². The number of anilines is 2. The summed E-state index contributed by atoms with van der Waals surface area (Å²) in [6.07, 6.45) is 2.21. The SMILES string of the molecule is CC(C)N(C)c1cccc(NC(=O)N2CCN(C3CC3)C(=O)C2)c1. The number of nitrogens with zero attached hydrogens (tertiary/aromatic N) is 3. The van der Waals surface area contributed by atoms with Crippen molar-refractivity contribution in [2.75, 3.05) is 36.9 Å². The lowest BCUT2D eigenvalue weighted by molar-refractivity contribution is -0.135. The quantitative estimate of drug-likeness (QED) is 0.922. The highest BCUT2D eigenvalue weighted by Crippen LogP contribution is 2.28. The summed E-state index contributed by atoms with van der Waals surface area (Å²) in [6, 6.07) is 8.38. The molecular weight excluding hydrogens is 304 g/mol. The van der Waals surface area contributed by atoms with E-state index < -0.39 is 0 Å². The lowest BCUT2D eigenvalue weighted by atomic mass is 10.2. The standard InChI is InChI=1S/C18H26N4O2/c1-13(2)20(3)16-6-4-5-14(11-16)19-18(24)21-9-10-22(15-7-8-15)17(23)12-21/h4-6,11,13,15H,7-10,12H2,1-3H3,(H,19,24). The molecule has 2 aliphatic rings. The number of urea groups is 1. The van der Waals surface area contributed by atoms with Crippen LogP contribution < -0.4 is 10.2 Å². The number of hydrogen-bond acceptors (Lipinski definition) is 3. The Balaban J connectivity index is 1.60. The van der Waals surface area contributed by atoms with Crippen molar-refractivity contribution in [2.45, 2.75) is 38.8 Å². The van der Waals surface area contributed by atoms with Gasteiger partial charge in [0, 0.05) is 43.6 Å². The van der Waals surface area contributed by atoms with Crippen molar-refractivity contribution in [2.24, 2.45) is 0 Å². The van der Waals surface area contributed by atoms with E-state index in [1.165, 1.54) is 0 Å².